The number of carbonyl (C=O) groups is 1. The maximum atomic E-state index is 12.6. The van der Waals surface area contributed by atoms with Crippen LogP contribution < -0.4 is 10.6 Å². The molecule has 0 radical (unpaired) electrons. The summed E-state index contributed by atoms with van der Waals surface area (Å²) in [7, 11) is -1.78. The third-order valence-corrected chi connectivity index (χ3v) is 6.11. The van der Waals surface area contributed by atoms with Crippen LogP contribution in [0.25, 0.3) is 0 Å². The van der Waals surface area contributed by atoms with Crippen molar-refractivity contribution in [1.82, 2.24) is 9.62 Å². The molecule has 1 amide bonds. The number of hydrogen-bond donors (Lipinski definition) is 2. The zero-order valence-electron chi connectivity index (χ0n) is 13.5. The molecule has 6 nitrogen and oxygen atoms in total. The summed E-state index contributed by atoms with van der Waals surface area (Å²) in [6, 6.07) is 4.56. The number of sulfonamides is 1. The molecule has 2 rings (SSSR count). The monoisotopic (exact) mass is 395 g/mol. The number of rotatable bonds is 7. The van der Waals surface area contributed by atoms with Crippen molar-refractivity contribution in [2.45, 2.75) is 30.6 Å². The standard InChI is InChI=1S/C15H22ClN3O3S.ClH/c1-17-8-4-5-15(20)18-12-6-7-13(16)14(11-12)23(21,22)19-9-2-3-10-19;/h6-7,11,17H,2-5,8-10H2,1H3,(H,18,20);1H. The van der Waals surface area contributed by atoms with Gasteiger partial charge < -0.3 is 10.6 Å². The lowest BCUT2D eigenvalue weighted by Gasteiger charge is -2.17. The second kappa shape index (κ2) is 9.58. The minimum absolute atomic E-state index is 0. The average molecular weight is 396 g/mol. The SMILES string of the molecule is CNCCCC(=O)Nc1ccc(Cl)c(S(=O)(=O)N2CCCC2)c1.Cl. The van der Waals surface area contributed by atoms with E-state index in [1.54, 1.807) is 6.07 Å². The van der Waals surface area contributed by atoms with Gasteiger partial charge in [0.1, 0.15) is 4.90 Å². The molecule has 136 valence electrons. The highest BCUT2D eigenvalue weighted by Gasteiger charge is 2.29. The molecule has 1 fully saturated rings. The summed E-state index contributed by atoms with van der Waals surface area (Å²) in [5.41, 5.74) is 0.446. The Bertz CT molecular complexity index is 662. The molecular formula is C15H23Cl2N3O3S. The van der Waals surface area contributed by atoms with Crippen molar-refractivity contribution in [3.05, 3.63) is 23.2 Å². The van der Waals surface area contributed by atoms with Gasteiger partial charge in [0.2, 0.25) is 15.9 Å². The van der Waals surface area contributed by atoms with Gasteiger partial charge in [-0.25, -0.2) is 8.42 Å². The molecule has 0 aromatic heterocycles. The molecule has 0 bridgehead atoms. The molecule has 0 aliphatic carbocycles. The molecule has 0 spiro atoms. The van der Waals surface area contributed by atoms with Gasteiger partial charge in [0.25, 0.3) is 0 Å². The topological polar surface area (TPSA) is 78.5 Å². The van der Waals surface area contributed by atoms with Crippen LogP contribution in [-0.2, 0) is 14.8 Å². The second-order valence-electron chi connectivity index (χ2n) is 5.51. The first-order valence-electron chi connectivity index (χ1n) is 7.69. The highest BCUT2D eigenvalue weighted by Crippen LogP contribution is 2.29. The Morgan fingerprint density at radius 2 is 1.96 bits per heavy atom. The normalized spacial score (nSPS) is 15.1. The van der Waals surface area contributed by atoms with Gasteiger partial charge in [0, 0.05) is 25.2 Å². The van der Waals surface area contributed by atoms with Crippen molar-refractivity contribution >= 4 is 45.6 Å². The first-order chi connectivity index (χ1) is 10.9. The molecule has 1 saturated heterocycles. The van der Waals surface area contributed by atoms with E-state index in [0.29, 0.717) is 25.2 Å². The smallest absolute Gasteiger partial charge is 0.244 e. The lowest BCUT2D eigenvalue weighted by Crippen LogP contribution is -2.28. The first kappa shape index (κ1) is 21.2. The van der Waals surface area contributed by atoms with E-state index in [0.717, 1.165) is 25.8 Å². The number of carbonyl (C=O) groups excluding carboxylic acids is 1. The van der Waals surface area contributed by atoms with Crippen LogP contribution in [0.15, 0.2) is 23.1 Å². The molecule has 0 unspecified atom stereocenters. The fourth-order valence-electron chi connectivity index (χ4n) is 2.50. The summed E-state index contributed by atoms with van der Waals surface area (Å²) in [6.07, 6.45) is 2.81. The van der Waals surface area contributed by atoms with Gasteiger partial charge in [-0.2, -0.15) is 4.31 Å². The van der Waals surface area contributed by atoms with Crippen LogP contribution in [0.4, 0.5) is 5.69 Å². The van der Waals surface area contributed by atoms with Gasteiger partial charge in [-0.3, -0.25) is 4.79 Å². The number of nitrogens with zero attached hydrogens (tertiary/aromatic N) is 1. The largest absolute Gasteiger partial charge is 0.326 e. The van der Waals surface area contributed by atoms with Crippen molar-refractivity contribution in [3.8, 4) is 0 Å². The molecular weight excluding hydrogens is 373 g/mol. The van der Waals surface area contributed by atoms with E-state index in [9.17, 15) is 13.2 Å². The van der Waals surface area contributed by atoms with E-state index in [1.807, 2.05) is 7.05 Å². The van der Waals surface area contributed by atoms with Crippen LogP contribution in [-0.4, -0.2) is 45.3 Å². The van der Waals surface area contributed by atoms with Gasteiger partial charge in [-0.15, -0.1) is 12.4 Å². The van der Waals surface area contributed by atoms with Crippen molar-refractivity contribution < 1.29 is 13.2 Å². The van der Waals surface area contributed by atoms with Crippen LogP contribution in [0.2, 0.25) is 5.02 Å². The number of hydrogen-bond acceptors (Lipinski definition) is 4. The Balaban J connectivity index is 0.00000288. The molecule has 1 aliphatic heterocycles. The summed E-state index contributed by atoms with van der Waals surface area (Å²) >= 11 is 6.07. The van der Waals surface area contributed by atoms with Crippen LogP contribution in [0.1, 0.15) is 25.7 Å². The summed E-state index contributed by atoms with van der Waals surface area (Å²) in [5.74, 6) is -0.146. The van der Waals surface area contributed by atoms with Gasteiger partial charge in [-0.05, 0) is 51.1 Å². The van der Waals surface area contributed by atoms with Crippen molar-refractivity contribution in [2.24, 2.45) is 0 Å². The fourth-order valence-corrected chi connectivity index (χ4v) is 4.51. The zero-order chi connectivity index (χ0) is 16.9. The van der Waals surface area contributed by atoms with Crippen molar-refractivity contribution in [3.63, 3.8) is 0 Å². The van der Waals surface area contributed by atoms with Crippen molar-refractivity contribution in [1.29, 1.82) is 0 Å². The van der Waals surface area contributed by atoms with Gasteiger partial charge in [0.05, 0.1) is 5.02 Å². The summed E-state index contributed by atoms with van der Waals surface area (Å²) in [5, 5.41) is 5.87. The molecule has 1 aliphatic rings. The molecule has 1 heterocycles. The Hall–Kier alpha value is -0.860. The number of anilines is 1. The van der Waals surface area contributed by atoms with Crippen LogP contribution in [0.3, 0.4) is 0 Å². The van der Waals surface area contributed by atoms with Crippen LogP contribution in [0.5, 0.6) is 0 Å². The van der Waals surface area contributed by atoms with Gasteiger partial charge in [-0.1, -0.05) is 11.6 Å². The summed E-state index contributed by atoms with van der Waals surface area (Å²) in [4.78, 5) is 11.9. The minimum Gasteiger partial charge on any atom is -0.326 e. The van der Waals surface area contributed by atoms with Gasteiger partial charge >= 0.3 is 0 Å². The Morgan fingerprint density at radius 1 is 1.29 bits per heavy atom. The third kappa shape index (κ3) is 5.32. The number of benzene rings is 1. The number of amides is 1. The lowest BCUT2D eigenvalue weighted by atomic mass is 10.2. The predicted octanol–water partition coefficient (Wildman–Crippen LogP) is 2.48. The quantitative estimate of drug-likeness (QED) is 0.695. The number of nitrogens with one attached hydrogen (secondary N) is 2. The highest BCUT2D eigenvalue weighted by molar-refractivity contribution is 7.89. The van der Waals surface area contributed by atoms with Crippen LogP contribution >= 0.6 is 24.0 Å². The van der Waals surface area contributed by atoms with Crippen molar-refractivity contribution in [2.75, 3.05) is 32.0 Å². The predicted molar refractivity (Wildman–Crippen MR) is 98.5 cm³/mol. The van der Waals surface area contributed by atoms with E-state index in [2.05, 4.69) is 10.6 Å². The zero-order valence-corrected chi connectivity index (χ0v) is 15.9. The van der Waals surface area contributed by atoms with E-state index in [1.165, 1.54) is 16.4 Å². The van der Waals surface area contributed by atoms with E-state index < -0.39 is 10.0 Å². The maximum absolute atomic E-state index is 12.6. The number of halogens is 2. The molecule has 9 heteroatoms. The maximum Gasteiger partial charge on any atom is 0.244 e. The molecule has 24 heavy (non-hydrogen) atoms. The second-order valence-corrected chi connectivity index (χ2v) is 7.83. The fraction of sp³-hybridized carbons (Fsp3) is 0.533. The molecule has 0 atom stereocenters. The Kier molecular flexibility index (Phi) is 8.45. The summed E-state index contributed by atoms with van der Waals surface area (Å²) < 4.78 is 26.7. The average Bonchev–Trinajstić information content (AvgIpc) is 3.04. The Morgan fingerprint density at radius 3 is 2.58 bits per heavy atom. The van der Waals surface area contributed by atoms with E-state index in [-0.39, 0.29) is 28.2 Å². The highest BCUT2D eigenvalue weighted by atomic mass is 35.5. The van der Waals surface area contributed by atoms with Gasteiger partial charge in [0.15, 0.2) is 0 Å². The first-order valence-corrected chi connectivity index (χ1v) is 9.51. The van der Waals surface area contributed by atoms with E-state index >= 15 is 0 Å². The van der Waals surface area contributed by atoms with E-state index in [4.69, 9.17) is 11.6 Å². The molecule has 0 saturated carbocycles. The molecule has 1 aromatic carbocycles. The molecule has 2 N–H and O–H groups in total. The third-order valence-electron chi connectivity index (χ3n) is 3.73. The lowest BCUT2D eigenvalue weighted by molar-refractivity contribution is -0.116. The minimum atomic E-state index is -3.61. The summed E-state index contributed by atoms with van der Waals surface area (Å²) in [6.45, 7) is 1.78. The Labute approximate surface area is 154 Å². The van der Waals surface area contributed by atoms with Crippen LogP contribution in [0, 0.1) is 0 Å². The molecule has 1 aromatic rings.